The number of thiophene rings is 1. The van der Waals surface area contributed by atoms with Gasteiger partial charge in [-0.15, -0.1) is 23.1 Å². The lowest BCUT2D eigenvalue weighted by Crippen LogP contribution is -2.18. The molecule has 0 bridgehead atoms. The van der Waals surface area contributed by atoms with Gasteiger partial charge in [0.25, 0.3) is 0 Å². The molecular formula is C16H19NO2S2. The first kappa shape index (κ1) is 14.8. The maximum atomic E-state index is 5.78. The number of ether oxygens (including phenoxy) is 2. The van der Waals surface area contributed by atoms with Crippen LogP contribution >= 0.6 is 23.1 Å². The molecular weight excluding hydrogens is 302 g/mol. The summed E-state index contributed by atoms with van der Waals surface area (Å²) >= 11 is 3.67. The first-order chi connectivity index (χ1) is 10.4. The zero-order chi connectivity index (χ0) is 14.5. The fraction of sp³-hybridized carbons (Fsp3) is 0.375. The van der Waals surface area contributed by atoms with Crippen molar-refractivity contribution >= 4 is 23.1 Å². The summed E-state index contributed by atoms with van der Waals surface area (Å²) in [6.45, 7) is 1.46. The second-order valence-corrected chi connectivity index (χ2v) is 7.11. The highest BCUT2D eigenvalue weighted by Crippen LogP contribution is 2.34. The first-order valence-electron chi connectivity index (χ1n) is 7.10. The molecule has 3 rings (SSSR count). The third kappa shape index (κ3) is 3.73. The van der Waals surface area contributed by atoms with Crippen molar-refractivity contribution in [1.29, 1.82) is 0 Å². The quantitative estimate of drug-likeness (QED) is 0.844. The minimum absolute atomic E-state index is 0.300. The summed E-state index contributed by atoms with van der Waals surface area (Å²) in [5.74, 6) is 2.72. The number of fused-ring (bicyclic) bond motifs is 1. The molecule has 0 saturated carbocycles. The normalized spacial score (nSPS) is 15.5. The fourth-order valence-corrected chi connectivity index (χ4v) is 4.21. The van der Waals surface area contributed by atoms with Crippen LogP contribution in [0, 0.1) is 0 Å². The van der Waals surface area contributed by atoms with Crippen LogP contribution in [0.2, 0.25) is 0 Å². The van der Waals surface area contributed by atoms with E-state index in [0.29, 0.717) is 6.04 Å². The van der Waals surface area contributed by atoms with E-state index in [1.54, 1.807) is 11.3 Å². The summed E-state index contributed by atoms with van der Waals surface area (Å²) in [5, 5.41) is 5.51. The molecule has 21 heavy (non-hydrogen) atoms. The van der Waals surface area contributed by atoms with E-state index < -0.39 is 0 Å². The van der Waals surface area contributed by atoms with Crippen LogP contribution in [-0.4, -0.2) is 26.0 Å². The number of rotatable bonds is 5. The molecule has 2 aromatic rings. The molecule has 1 aliphatic heterocycles. The lowest BCUT2D eigenvalue weighted by molar-refractivity contribution is 0.297. The van der Waals surface area contributed by atoms with E-state index >= 15 is 0 Å². The lowest BCUT2D eigenvalue weighted by atomic mass is 10.1. The van der Waals surface area contributed by atoms with Crippen molar-refractivity contribution in [2.75, 3.05) is 26.0 Å². The average Bonchev–Trinajstić information content (AvgIpc) is 2.92. The number of hydrogen-bond donors (Lipinski definition) is 1. The molecule has 3 nitrogen and oxygen atoms in total. The predicted octanol–water partition coefficient (Wildman–Crippen LogP) is 3.96. The number of hydrogen-bond acceptors (Lipinski definition) is 5. The second kappa shape index (κ2) is 7.20. The van der Waals surface area contributed by atoms with E-state index in [4.69, 9.17) is 9.47 Å². The monoisotopic (exact) mass is 321 g/mol. The summed E-state index contributed by atoms with van der Waals surface area (Å²) in [7, 11) is 2.00. The van der Waals surface area contributed by atoms with Crippen LogP contribution < -0.4 is 14.8 Å². The van der Waals surface area contributed by atoms with Gasteiger partial charge in [0.15, 0.2) is 11.5 Å². The van der Waals surface area contributed by atoms with Crippen molar-refractivity contribution in [3.63, 3.8) is 0 Å². The summed E-state index contributed by atoms with van der Waals surface area (Å²) < 4.78 is 12.8. The third-order valence-corrected chi connectivity index (χ3v) is 5.63. The van der Waals surface area contributed by atoms with Gasteiger partial charge < -0.3 is 14.8 Å². The molecule has 5 heteroatoms. The molecule has 0 spiro atoms. The number of thioether (sulfide) groups is 1. The minimum Gasteiger partial charge on any atom is -0.490 e. The van der Waals surface area contributed by atoms with Crippen molar-refractivity contribution in [2.24, 2.45) is 0 Å². The van der Waals surface area contributed by atoms with Crippen LogP contribution in [0.25, 0.3) is 0 Å². The molecule has 0 aliphatic carbocycles. The van der Waals surface area contributed by atoms with Crippen molar-refractivity contribution in [2.45, 2.75) is 16.7 Å². The van der Waals surface area contributed by atoms with Gasteiger partial charge in [0.05, 0.1) is 17.4 Å². The highest BCUT2D eigenvalue weighted by molar-refractivity contribution is 8.01. The summed E-state index contributed by atoms with van der Waals surface area (Å²) in [6.07, 6.45) is 0.938. The van der Waals surface area contributed by atoms with Crippen LogP contribution in [0.15, 0.2) is 39.9 Å². The Bertz CT molecular complexity index is 572. The molecule has 2 heterocycles. The van der Waals surface area contributed by atoms with Gasteiger partial charge in [-0.3, -0.25) is 0 Å². The Labute approximate surface area is 133 Å². The molecule has 0 fully saturated rings. The first-order valence-corrected chi connectivity index (χ1v) is 8.96. The molecule has 0 saturated heterocycles. The Balaban J connectivity index is 1.72. The highest BCUT2D eigenvalue weighted by Gasteiger charge is 2.15. The van der Waals surface area contributed by atoms with Gasteiger partial charge in [-0.1, -0.05) is 12.1 Å². The average molecular weight is 321 g/mol. The van der Waals surface area contributed by atoms with E-state index in [0.717, 1.165) is 36.9 Å². The molecule has 1 aromatic carbocycles. The van der Waals surface area contributed by atoms with E-state index in [2.05, 4.69) is 35.0 Å². The molecule has 0 radical (unpaired) electrons. The van der Waals surface area contributed by atoms with Crippen LogP contribution in [0.1, 0.15) is 18.0 Å². The van der Waals surface area contributed by atoms with Crippen molar-refractivity contribution in [3.05, 3.63) is 41.3 Å². The Morgan fingerprint density at radius 2 is 2.10 bits per heavy atom. The van der Waals surface area contributed by atoms with Crippen LogP contribution in [0.4, 0.5) is 0 Å². The maximum absolute atomic E-state index is 5.78. The number of nitrogens with one attached hydrogen (secondary N) is 1. The lowest BCUT2D eigenvalue weighted by Gasteiger charge is -2.17. The van der Waals surface area contributed by atoms with E-state index in [1.165, 1.54) is 9.77 Å². The van der Waals surface area contributed by atoms with Gasteiger partial charge in [-0.25, -0.2) is 0 Å². The standard InChI is InChI=1S/C16H19NO2S2/c1-17-13(11-21-16-4-2-9-20-16)12-5-6-14-15(10-12)19-8-3-7-18-14/h2,4-6,9-10,13,17H,3,7-8,11H2,1H3. The fourth-order valence-electron chi connectivity index (χ4n) is 2.25. The summed E-state index contributed by atoms with van der Waals surface area (Å²) in [4.78, 5) is 0. The van der Waals surface area contributed by atoms with Gasteiger partial charge in [0.1, 0.15) is 0 Å². The van der Waals surface area contributed by atoms with Crippen LogP contribution in [0.3, 0.4) is 0 Å². The maximum Gasteiger partial charge on any atom is 0.161 e. The zero-order valence-corrected chi connectivity index (χ0v) is 13.6. The van der Waals surface area contributed by atoms with Gasteiger partial charge in [-0.2, -0.15) is 0 Å². The summed E-state index contributed by atoms with van der Waals surface area (Å²) in [6, 6.07) is 10.8. The molecule has 1 aliphatic rings. The van der Waals surface area contributed by atoms with E-state index in [9.17, 15) is 0 Å². The van der Waals surface area contributed by atoms with Crippen molar-refractivity contribution in [1.82, 2.24) is 5.32 Å². The number of benzene rings is 1. The largest absolute Gasteiger partial charge is 0.490 e. The van der Waals surface area contributed by atoms with Crippen LogP contribution in [-0.2, 0) is 0 Å². The molecule has 112 valence electrons. The Morgan fingerprint density at radius 1 is 1.24 bits per heavy atom. The van der Waals surface area contributed by atoms with E-state index in [1.807, 2.05) is 24.9 Å². The topological polar surface area (TPSA) is 30.5 Å². The van der Waals surface area contributed by atoms with Crippen LogP contribution in [0.5, 0.6) is 11.5 Å². The summed E-state index contributed by atoms with van der Waals surface area (Å²) in [5.41, 5.74) is 1.24. The molecule has 1 aromatic heterocycles. The molecule has 1 unspecified atom stereocenters. The van der Waals surface area contributed by atoms with E-state index in [-0.39, 0.29) is 0 Å². The predicted molar refractivity (Wildman–Crippen MR) is 88.9 cm³/mol. The molecule has 0 amide bonds. The van der Waals surface area contributed by atoms with Crippen molar-refractivity contribution < 1.29 is 9.47 Å². The smallest absolute Gasteiger partial charge is 0.161 e. The van der Waals surface area contributed by atoms with Gasteiger partial charge in [-0.05, 0) is 36.2 Å². The zero-order valence-electron chi connectivity index (χ0n) is 12.0. The Hall–Kier alpha value is -1.17. The molecule has 1 N–H and O–H groups in total. The Kier molecular flexibility index (Phi) is 5.06. The second-order valence-electron chi connectivity index (χ2n) is 4.84. The third-order valence-electron chi connectivity index (χ3n) is 3.41. The minimum atomic E-state index is 0.300. The highest BCUT2D eigenvalue weighted by atomic mass is 32.2. The van der Waals surface area contributed by atoms with Gasteiger partial charge in [0, 0.05) is 18.2 Å². The SMILES string of the molecule is CNC(CSc1cccs1)c1ccc2c(c1)OCCCO2. The Morgan fingerprint density at radius 3 is 2.86 bits per heavy atom. The van der Waals surface area contributed by atoms with Crippen molar-refractivity contribution in [3.8, 4) is 11.5 Å². The molecule has 1 atom stereocenters. The van der Waals surface area contributed by atoms with Gasteiger partial charge in [0.2, 0.25) is 0 Å². The van der Waals surface area contributed by atoms with Gasteiger partial charge >= 0.3 is 0 Å².